The zero-order chi connectivity index (χ0) is 22.1. The highest BCUT2D eigenvalue weighted by molar-refractivity contribution is 7.89. The van der Waals surface area contributed by atoms with Crippen LogP contribution in [-0.4, -0.2) is 91.0 Å². The van der Waals surface area contributed by atoms with E-state index in [4.69, 9.17) is 18.9 Å². The molecule has 0 unspecified atom stereocenters. The van der Waals surface area contributed by atoms with Crippen molar-refractivity contribution in [1.82, 2.24) is 14.9 Å². The van der Waals surface area contributed by atoms with Crippen LogP contribution in [0.15, 0.2) is 12.1 Å². The molecule has 1 aliphatic heterocycles. The number of methoxy groups -OCH3 is 3. The Labute approximate surface area is 175 Å². The van der Waals surface area contributed by atoms with Crippen LogP contribution in [0.4, 0.5) is 0 Å². The van der Waals surface area contributed by atoms with E-state index in [0.29, 0.717) is 43.6 Å². The lowest BCUT2D eigenvalue weighted by molar-refractivity contribution is -0.120. The molecule has 0 atom stereocenters. The Morgan fingerprint density at radius 1 is 1.03 bits per heavy atom. The van der Waals surface area contributed by atoms with Crippen LogP contribution in [0.25, 0.3) is 0 Å². The molecule has 0 saturated carbocycles. The van der Waals surface area contributed by atoms with Crippen LogP contribution in [0.5, 0.6) is 17.2 Å². The minimum absolute atomic E-state index is 0.0570. The summed E-state index contributed by atoms with van der Waals surface area (Å²) in [5.41, 5.74) is 0.215. The highest BCUT2D eigenvalue weighted by Gasteiger charge is 2.24. The molecule has 1 aliphatic rings. The summed E-state index contributed by atoms with van der Waals surface area (Å²) in [7, 11) is 0.840. The molecule has 30 heavy (non-hydrogen) atoms. The molecule has 168 valence electrons. The predicted molar refractivity (Wildman–Crippen MR) is 108 cm³/mol. The third-order valence-corrected chi connectivity index (χ3v) is 6.25. The van der Waals surface area contributed by atoms with Gasteiger partial charge in [-0.25, -0.2) is 8.42 Å². The summed E-state index contributed by atoms with van der Waals surface area (Å²) in [6.45, 7) is 0.963. The van der Waals surface area contributed by atoms with Crippen molar-refractivity contribution in [2.45, 2.75) is 0 Å². The first kappa shape index (κ1) is 23.7. The number of hydrogen-bond donors (Lipinski definition) is 2. The maximum Gasteiger partial charge on any atom is 0.251 e. The zero-order valence-electron chi connectivity index (χ0n) is 17.2. The van der Waals surface area contributed by atoms with Crippen molar-refractivity contribution >= 4 is 21.8 Å². The fraction of sp³-hybridized carbons (Fsp3) is 0.556. The molecule has 12 heteroatoms. The van der Waals surface area contributed by atoms with Gasteiger partial charge in [-0.3, -0.25) is 9.59 Å². The molecule has 1 heterocycles. The maximum atomic E-state index is 12.4. The molecular weight excluding hydrogens is 418 g/mol. The fourth-order valence-corrected chi connectivity index (χ4v) is 4.13. The van der Waals surface area contributed by atoms with E-state index in [9.17, 15) is 18.0 Å². The Morgan fingerprint density at radius 2 is 1.63 bits per heavy atom. The molecule has 1 saturated heterocycles. The molecule has 11 nitrogen and oxygen atoms in total. The monoisotopic (exact) mass is 445 g/mol. The number of nitrogens with zero attached hydrogens (tertiary/aromatic N) is 1. The third kappa shape index (κ3) is 6.21. The number of morpholine rings is 1. The Kier molecular flexibility index (Phi) is 8.69. The van der Waals surface area contributed by atoms with Gasteiger partial charge in [-0.2, -0.15) is 4.31 Å². The van der Waals surface area contributed by atoms with E-state index in [1.165, 1.54) is 37.8 Å². The molecule has 1 fully saturated rings. The summed E-state index contributed by atoms with van der Waals surface area (Å²) in [4.78, 5) is 24.3. The van der Waals surface area contributed by atoms with Gasteiger partial charge < -0.3 is 29.6 Å². The van der Waals surface area contributed by atoms with Gasteiger partial charge in [0.2, 0.25) is 21.7 Å². The Hall–Kier alpha value is -2.57. The number of amides is 2. The van der Waals surface area contributed by atoms with Crippen LogP contribution in [-0.2, 0) is 19.6 Å². The molecule has 2 amide bonds. The molecule has 0 aliphatic carbocycles. The molecule has 2 N–H and O–H groups in total. The largest absolute Gasteiger partial charge is 0.493 e. The lowest BCUT2D eigenvalue weighted by Gasteiger charge is -2.26. The van der Waals surface area contributed by atoms with Crippen molar-refractivity contribution in [2.24, 2.45) is 0 Å². The van der Waals surface area contributed by atoms with Crippen molar-refractivity contribution in [3.05, 3.63) is 17.7 Å². The minimum Gasteiger partial charge on any atom is -0.493 e. The van der Waals surface area contributed by atoms with E-state index in [-0.39, 0.29) is 24.4 Å². The summed E-state index contributed by atoms with van der Waals surface area (Å²) in [6, 6.07) is 2.92. The number of nitrogens with one attached hydrogen (secondary N) is 2. The van der Waals surface area contributed by atoms with Gasteiger partial charge in [0.1, 0.15) is 0 Å². The standard InChI is InChI=1S/C18H27N3O8S/c1-26-14-10-13(11-15(27-2)17(14)28-3)18(23)20-12-16(22)19-4-9-30(24,25)21-5-7-29-8-6-21/h10-11H,4-9,12H2,1-3H3,(H,19,22)(H,20,23). The third-order valence-electron chi connectivity index (χ3n) is 4.38. The molecule has 0 radical (unpaired) electrons. The highest BCUT2D eigenvalue weighted by atomic mass is 32.2. The number of hydrogen-bond acceptors (Lipinski definition) is 8. The number of sulfonamides is 1. The normalized spacial score (nSPS) is 14.6. The van der Waals surface area contributed by atoms with Gasteiger partial charge >= 0.3 is 0 Å². The Bertz CT molecular complexity index is 828. The summed E-state index contributed by atoms with van der Waals surface area (Å²) in [5.74, 6) is -0.298. The number of carbonyl (C=O) groups is 2. The van der Waals surface area contributed by atoms with Gasteiger partial charge in [0.25, 0.3) is 5.91 Å². The van der Waals surface area contributed by atoms with Crippen molar-refractivity contribution in [3.8, 4) is 17.2 Å². The van der Waals surface area contributed by atoms with Crippen LogP contribution < -0.4 is 24.8 Å². The number of ether oxygens (including phenoxy) is 4. The summed E-state index contributed by atoms with van der Waals surface area (Å²) >= 11 is 0. The van der Waals surface area contributed by atoms with E-state index < -0.39 is 21.8 Å². The second-order valence-corrected chi connectivity index (χ2v) is 8.36. The summed E-state index contributed by atoms with van der Waals surface area (Å²) in [5, 5.41) is 4.96. The minimum atomic E-state index is -3.46. The molecule has 1 aromatic rings. The van der Waals surface area contributed by atoms with Gasteiger partial charge in [-0.1, -0.05) is 0 Å². The van der Waals surface area contributed by atoms with Crippen molar-refractivity contribution in [3.63, 3.8) is 0 Å². The van der Waals surface area contributed by atoms with Gasteiger partial charge in [-0.15, -0.1) is 0 Å². The molecule has 2 rings (SSSR count). The van der Waals surface area contributed by atoms with Gasteiger partial charge in [0.15, 0.2) is 11.5 Å². The van der Waals surface area contributed by atoms with E-state index in [1.54, 1.807) is 0 Å². The van der Waals surface area contributed by atoms with Crippen LogP contribution in [0.3, 0.4) is 0 Å². The topological polar surface area (TPSA) is 132 Å². The van der Waals surface area contributed by atoms with Crippen molar-refractivity contribution in [2.75, 3.05) is 66.5 Å². The lowest BCUT2D eigenvalue weighted by Crippen LogP contribution is -2.44. The maximum absolute atomic E-state index is 12.4. The lowest BCUT2D eigenvalue weighted by atomic mass is 10.1. The quantitative estimate of drug-likeness (QED) is 0.479. The number of carbonyl (C=O) groups excluding carboxylic acids is 2. The fourth-order valence-electron chi connectivity index (χ4n) is 2.81. The first-order valence-electron chi connectivity index (χ1n) is 9.23. The SMILES string of the molecule is COc1cc(C(=O)NCC(=O)NCCS(=O)(=O)N2CCOCC2)cc(OC)c1OC. The molecular formula is C18H27N3O8S. The predicted octanol–water partition coefficient (Wildman–Crippen LogP) is -0.780. The van der Waals surface area contributed by atoms with E-state index >= 15 is 0 Å². The van der Waals surface area contributed by atoms with E-state index in [0.717, 1.165) is 0 Å². The zero-order valence-corrected chi connectivity index (χ0v) is 18.0. The van der Waals surface area contributed by atoms with Crippen LogP contribution in [0, 0.1) is 0 Å². The molecule has 0 aromatic heterocycles. The van der Waals surface area contributed by atoms with Gasteiger partial charge in [-0.05, 0) is 12.1 Å². The molecule has 1 aromatic carbocycles. The average molecular weight is 445 g/mol. The van der Waals surface area contributed by atoms with Gasteiger partial charge in [0.05, 0.1) is 46.8 Å². The smallest absolute Gasteiger partial charge is 0.251 e. The molecule has 0 bridgehead atoms. The second kappa shape index (κ2) is 11.0. The summed E-state index contributed by atoms with van der Waals surface area (Å²) in [6.07, 6.45) is 0. The van der Waals surface area contributed by atoms with E-state index in [2.05, 4.69) is 10.6 Å². The van der Waals surface area contributed by atoms with Crippen LogP contribution in [0.1, 0.15) is 10.4 Å². The highest BCUT2D eigenvalue weighted by Crippen LogP contribution is 2.38. The first-order valence-corrected chi connectivity index (χ1v) is 10.8. The van der Waals surface area contributed by atoms with Gasteiger partial charge in [0, 0.05) is 25.2 Å². The van der Waals surface area contributed by atoms with Crippen molar-refractivity contribution in [1.29, 1.82) is 0 Å². The van der Waals surface area contributed by atoms with Crippen molar-refractivity contribution < 1.29 is 37.0 Å². The first-order chi connectivity index (χ1) is 14.3. The number of benzene rings is 1. The average Bonchev–Trinajstić information content (AvgIpc) is 2.76. The van der Waals surface area contributed by atoms with E-state index in [1.807, 2.05) is 0 Å². The number of rotatable bonds is 10. The summed E-state index contributed by atoms with van der Waals surface area (Å²) < 4.78 is 46.5. The molecule has 0 spiro atoms. The van der Waals surface area contributed by atoms with Crippen LogP contribution in [0.2, 0.25) is 0 Å². The Balaban J connectivity index is 1.85. The van der Waals surface area contributed by atoms with Crippen LogP contribution >= 0.6 is 0 Å². The Morgan fingerprint density at radius 3 is 2.17 bits per heavy atom. The second-order valence-electron chi connectivity index (χ2n) is 6.27.